The minimum Gasteiger partial charge on any atom is -0.398 e. The van der Waals surface area contributed by atoms with E-state index in [2.05, 4.69) is 0 Å². The van der Waals surface area contributed by atoms with Crippen LogP contribution >= 0.6 is 23.4 Å². The molecule has 0 aliphatic heterocycles. The van der Waals surface area contributed by atoms with Gasteiger partial charge in [0, 0.05) is 17.6 Å². The molecule has 3 nitrogen and oxygen atoms in total. The van der Waals surface area contributed by atoms with E-state index >= 15 is 0 Å². The molecule has 0 radical (unpaired) electrons. The first kappa shape index (κ1) is 14.8. The summed E-state index contributed by atoms with van der Waals surface area (Å²) in [4.78, 5) is 14.7. The van der Waals surface area contributed by atoms with Crippen molar-refractivity contribution in [2.45, 2.75) is 4.90 Å². The smallest absolute Gasteiger partial charge is 0.237 e. The molecule has 2 N–H and O–H groups in total. The fourth-order valence-corrected chi connectivity index (χ4v) is 2.73. The Morgan fingerprint density at radius 3 is 2.60 bits per heavy atom. The fourth-order valence-electron chi connectivity index (χ4n) is 1.64. The lowest BCUT2D eigenvalue weighted by Crippen LogP contribution is -2.27. The lowest BCUT2D eigenvalue weighted by Gasteiger charge is -2.17. The molecule has 0 fully saturated rings. The van der Waals surface area contributed by atoms with Gasteiger partial charge in [-0.05, 0) is 30.3 Å². The fraction of sp³-hybridized carbons (Fsp3) is 0.133. The van der Waals surface area contributed by atoms with Crippen LogP contribution in [0.2, 0.25) is 5.02 Å². The molecule has 0 spiro atoms. The van der Waals surface area contributed by atoms with Crippen molar-refractivity contribution in [3.05, 3.63) is 53.6 Å². The summed E-state index contributed by atoms with van der Waals surface area (Å²) in [5.74, 6) is 0.389. The standard InChI is InChI=1S/C15H15ClN2OS/c1-18(11-5-3-2-4-6-11)15(19)10-20-12-7-8-14(17)13(16)9-12/h2-9H,10,17H2,1H3. The van der Waals surface area contributed by atoms with Crippen LogP contribution in [0.5, 0.6) is 0 Å². The second-order valence-corrected chi connectivity index (χ2v) is 5.72. The van der Waals surface area contributed by atoms with E-state index in [9.17, 15) is 4.79 Å². The molecule has 0 unspecified atom stereocenters. The van der Waals surface area contributed by atoms with Gasteiger partial charge in [-0.15, -0.1) is 11.8 Å². The molecule has 0 aliphatic rings. The summed E-state index contributed by atoms with van der Waals surface area (Å²) in [6.07, 6.45) is 0. The highest BCUT2D eigenvalue weighted by atomic mass is 35.5. The van der Waals surface area contributed by atoms with Crippen LogP contribution in [-0.2, 0) is 4.79 Å². The van der Waals surface area contributed by atoms with Crippen LogP contribution < -0.4 is 10.6 Å². The van der Waals surface area contributed by atoms with Crippen molar-refractivity contribution >= 4 is 40.6 Å². The van der Waals surface area contributed by atoms with Crippen molar-refractivity contribution < 1.29 is 4.79 Å². The Hall–Kier alpha value is -1.65. The van der Waals surface area contributed by atoms with Crippen LogP contribution in [0.25, 0.3) is 0 Å². The molecule has 0 heterocycles. The number of nitrogens with zero attached hydrogens (tertiary/aromatic N) is 1. The number of anilines is 2. The molecule has 2 aromatic carbocycles. The quantitative estimate of drug-likeness (QED) is 0.692. The molecule has 0 atom stereocenters. The van der Waals surface area contributed by atoms with E-state index < -0.39 is 0 Å². The van der Waals surface area contributed by atoms with Crippen molar-refractivity contribution in [1.29, 1.82) is 0 Å². The Kier molecular flexibility index (Phi) is 4.93. The third kappa shape index (κ3) is 3.68. The van der Waals surface area contributed by atoms with E-state index in [1.165, 1.54) is 11.8 Å². The maximum Gasteiger partial charge on any atom is 0.237 e. The number of rotatable bonds is 4. The van der Waals surface area contributed by atoms with E-state index in [0.29, 0.717) is 16.5 Å². The lowest BCUT2D eigenvalue weighted by molar-refractivity contribution is -0.115. The van der Waals surface area contributed by atoms with Gasteiger partial charge in [-0.2, -0.15) is 0 Å². The maximum atomic E-state index is 12.1. The lowest BCUT2D eigenvalue weighted by atomic mass is 10.3. The number of carbonyl (C=O) groups is 1. The molecule has 0 aliphatic carbocycles. The molecule has 5 heteroatoms. The topological polar surface area (TPSA) is 46.3 Å². The van der Waals surface area contributed by atoms with Crippen molar-refractivity contribution in [3.8, 4) is 0 Å². The van der Waals surface area contributed by atoms with Crippen LogP contribution in [0, 0.1) is 0 Å². The number of amides is 1. The SMILES string of the molecule is CN(C(=O)CSc1ccc(N)c(Cl)c1)c1ccccc1. The average Bonchev–Trinajstić information content (AvgIpc) is 2.48. The van der Waals surface area contributed by atoms with Crippen LogP contribution in [0.1, 0.15) is 0 Å². The number of benzene rings is 2. The van der Waals surface area contributed by atoms with E-state index in [4.69, 9.17) is 17.3 Å². The summed E-state index contributed by atoms with van der Waals surface area (Å²) in [6, 6.07) is 14.9. The number of nitrogens with two attached hydrogens (primary N) is 1. The first-order valence-electron chi connectivity index (χ1n) is 6.07. The first-order chi connectivity index (χ1) is 9.58. The molecule has 0 aromatic heterocycles. The number of thioether (sulfide) groups is 1. The normalized spacial score (nSPS) is 10.3. The molecule has 2 rings (SSSR count). The second kappa shape index (κ2) is 6.68. The largest absolute Gasteiger partial charge is 0.398 e. The number of carbonyl (C=O) groups excluding carboxylic acids is 1. The van der Waals surface area contributed by atoms with Crippen LogP contribution in [-0.4, -0.2) is 18.7 Å². The summed E-state index contributed by atoms with van der Waals surface area (Å²) in [5.41, 5.74) is 7.08. The van der Waals surface area contributed by atoms with E-state index in [1.807, 2.05) is 36.4 Å². The third-order valence-electron chi connectivity index (χ3n) is 2.85. The van der Waals surface area contributed by atoms with Gasteiger partial charge < -0.3 is 10.6 Å². The highest BCUT2D eigenvalue weighted by molar-refractivity contribution is 8.00. The number of para-hydroxylation sites is 1. The van der Waals surface area contributed by atoms with E-state index in [-0.39, 0.29) is 5.91 Å². The zero-order valence-corrected chi connectivity index (χ0v) is 12.6. The highest BCUT2D eigenvalue weighted by Gasteiger charge is 2.11. The Morgan fingerprint density at radius 2 is 1.95 bits per heavy atom. The molecule has 2 aromatic rings. The number of halogens is 1. The van der Waals surface area contributed by atoms with Gasteiger partial charge in [0.1, 0.15) is 0 Å². The molecular weight excluding hydrogens is 292 g/mol. The predicted molar refractivity (Wildman–Crippen MR) is 86.4 cm³/mol. The van der Waals surface area contributed by atoms with Gasteiger partial charge in [-0.1, -0.05) is 29.8 Å². The van der Waals surface area contributed by atoms with E-state index in [0.717, 1.165) is 10.6 Å². The van der Waals surface area contributed by atoms with Gasteiger partial charge in [0.15, 0.2) is 0 Å². The Morgan fingerprint density at radius 1 is 1.25 bits per heavy atom. The molecule has 1 amide bonds. The van der Waals surface area contributed by atoms with E-state index in [1.54, 1.807) is 24.1 Å². The second-order valence-electron chi connectivity index (χ2n) is 4.26. The van der Waals surface area contributed by atoms with Crippen LogP contribution in [0.4, 0.5) is 11.4 Å². The summed E-state index contributed by atoms with van der Waals surface area (Å²) in [7, 11) is 1.77. The zero-order chi connectivity index (χ0) is 14.5. The molecular formula is C15H15ClN2OS. The van der Waals surface area contributed by atoms with Gasteiger partial charge in [0.2, 0.25) is 5.91 Å². The Balaban J connectivity index is 1.96. The Labute approximate surface area is 127 Å². The van der Waals surface area contributed by atoms with Crippen molar-refractivity contribution in [2.75, 3.05) is 23.4 Å². The molecule has 0 saturated heterocycles. The highest BCUT2D eigenvalue weighted by Crippen LogP contribution is 2.26. The van der Waals surface area contributed by atoms with Gasteiger partial charge in [0.25, 0.3) is 0 Å². The van der Waals surface area contributed by atoms with Gasteiger partial charge in [-0.3, -0.25) is 4.79 Å². The minimum absolute atomic E-state index is 0.0362. The predicted octanol–water partition coefficient (Wildman–Crippen LogP) is 3.68. The average molecular weight is 307 g/mol. The summed E-state index contributed by atoms with van der Waals surface area (Å²) in [6.45, 7) is 0. The van der Waals surface area contributed by atoms with Crippen molar-refractivity contribution in [3.63, 3.8) is 0 Å². The summed E-state index contributed by atoms with van der Waals surface area (Å²) < 4.78 is 0. The third-order valence-corrected chi connectivity index (χ3v) is 4.16. The van der Waals surface area contributed by atoms with Gasteiger partial charge in [0.05, 0.1) is 16.5 Å². The van der Waals surface area contributed by atoms with Crippen molar-refractivity contribution in [1.82, 2.24) is 0 Å². The summed E-state index contributed by atoms with van der Waals surface area (Å²) >= 11 is 7.40. The summed E-state index contributed by atoms with van der Waals surface area (Å²) in [5, 5.41) is 0.513. The first-order valence-corrected chi connectivity index (χ1v) is 7.43. The van der Waals surface area contributed by atoms with Crippen LogP contribution in [0.3, 0.4) is 0 Å². The van der Waals surface area contributed by atoms with Gasteiger partial charge in [-0.25, -0.2) is 0 Å². The number of hydrogen-bond acceptors (Lipinski definition) is 3. The zero-order valence-electron chi connectivity index (χ0n) is 11.0. The monoisotopic (exact) mass is 306 g/mol. The molecule has 104 valence electrons. The number of nitrogen functional groups attached to an aromatic ring is 1. The molecule has 0 saturated carbocycles. The van der Waals surface area contributed by atoms with Crippen molar-refractivity contribution in [2.24, 2.45) is 0 Å². The molecule has 20 heavy (non-hydrogen) atoms. The minimum atomic E-state index is 0.0362. The molecule has 0 bridgehead atoms. The Bertz CT molecular complexity index is 604. The van der Waals surface area contributed by atoms with Gasteiger partial charge >= 0.3 is 0 Å². The van der Waals surface area contributed by atoms with Crippen LogP contribution in [0.15, 0.2) is 53.4 Å². The number of hydrogen-bond donors (Lipinski definition) is 1. The maximum absolute atomic E-state index is 12.1.